The van der Waals surface area contributed by atoms with Crippen LogP contribution in [0.15, 0.2) is 41.3 Å². The van der Waals surface area contributed by atoms with Crippen molar-refractivity contribution in [3.63, 3.8) is 0 Å². The summed E-state index contributed by atoms with van der Waals surface area (Å²) >= 11 is 0. The van der Waals surface area contributed by atoms with Crippen LogP contribution in [0.2, 0.25) is 0 Å². The van der Waals surface area contributed by atoms with Gasteiger partial charge in [0.05, 0.1) is 11.0 Å². The summed E-state index contributed by atoms with van der Waals surface area (Å²) in [4.78, 5) is 0.274. The highest BCUT2D eigenvalue weighted by Crippen LogP contribution is 2.18. The molecule has 1 N–H and O–H groups in total. The SMILES string of the molecule is Cc1ccc(S(=O)(=O)N2CC=CCC(O)C2)cc1. The standard InChI is InChI=1S/C13H17NO3S/c1-11-5-7-13(8-6-11)18(16,17)14-9-3-2-4-12(15)10-14/h2-3,5-8,12,15H,4,9-10H2,1H3. The largest absolute Gasteiger partial charge is 0.391 e. The number of nitrogens with zero attached hydrogens (tertiary/aromatic N) is 1. The molecule has 18 heavy (non-hydrogen) atoms. The summed E-state index contributed by atoms with van der Waals surface area (Å²) < 4.78 is 26.1. The van der Waals surface area contributed by atoms with E-state index in [1.54, 1.807) is 30.3 Å². The number of β-amino-alcohol motifs (C(OH)–C–C–N with tert-alkyl or cyclic N) is 1. The first-order valence-corrected chi connectivity index (χ1v) is 7.34. The maximum atomic E-state index is 12.4. The van der Waals surface area contributed by atoms with E-state index in [1.165, 1.54) is 4.31 Å². The van der Waals surface area contributed by atoms with E-state index in [4.69, 9.17) is 0 Å². The van der Waals surface area contributed by atoms with E-state index in [2.05, 4.69) is 0 Å². The van der Waals surface area contributed by atoms with Gasteiger partial charge in [0, 0.05) is 13.1 Å². The smallest absolute Gasteiger partial charge is 0.243 e. The number of hydrogen-bond acceptors (Lipinski definition) is 3. The van der Waals surface area contributed by atoms with E-state index in [1.807, 2.05) is 13.0 Å². The Labute approximate surface area is 108 Å². The van der Waals surface area contributed by atoms with Gasteiger partial charge in [0.15, 0.2) is 0 Å². The fourth-order valence-corrected chi connectivity index (χ4v) is 3.31. The van der Waals surface area contributed by atoms with Gasteiger partial charge in [-0.15, -0.1) is 0 Å². The van der Waals surface area contributed by atoms with E-state index in [0.717, 1.165) is 5.56 Å². The molecule has 1 aliphatic rings. The lowest BCUT2D eigenvalue weighted by Crippen LogP contribution is -2.36. The normalized spacial score (nSPS) is 21.8. The molecule has 1 unspecified atom stereocenters. The molecule has 0 aliphatic carbocycles. The fraction of sp³-hybridized carbons (Fsp3) is 0.385. The molecule has 98 valence electrons. The molecule has 1 heterocycles. The average Bonchev–Trinajstić information content (AvgIpc) is 2.55. The molecule has 1 aromatic rings. The van der Waals surface area contributed by atoms with Crippen molar-refractivity contribution in [3.8, 4) is 0 Å². The minimum absolute atomic E-state index is 0.142. The third-order valence-electron chi connectivity index (χ3n) is 2.96. The number of aliphatic hydroxyl groups excluding tert-OH is 1. The van der Waals surface area contributed by atoms with Gasteiger partial charge in [-0.2, -0.15) is 4.31 Å². The molecule has 0 saturated carbocycles. The second-order valence-corrected chi connectivity index (χ2v) is 6.43. The Morgan fingerprint density at radius 3 is 2.56 bits per heavy atom. The van der Waals surface area contributed by atoms with Gasteiger partial charge in [-0.05, 0) is 25.5 Å². The molecule has 0 saturated heterocycles. The zero-order chi connectivity index (χ0) is 13.2. The van der Waals surface area contributed by atoms with Crippen LogP contribution < -0.4 is 0 Å². The first-order chi connectivity index (χ1) is 8.50. The molecule has 0 amide bonds. The van der Waals surface area contributed by atoms with Crippen molar-refractivity contribution < 1.29 is 13.5 Å². The molecule has 0 bridgehead atoms. The molecule has 0 spiro atoms. The van der Waals surface area contributed by atoms with E-state index in [-0.39, 0.29) is 11.4 Å². The monoisotopic (exact) mass is 267 g/mol. The van der Waals surface area contributed by atoms with Crippen LogP contribution in [0.3, 0.4) is 0 Å². The summed E-state index contributed by atoms with van der Waals surface area (Å²) in [5, 5.41) is 9.66. The number of hydrogen-bond donors (Lipinski definition) is 1. The fourth-order valence-electron chi connectivity index (χ4n) is 1.89. The van der Waals surface area contributed by atoms with Gasteiger partial charge < -0.3 is 5.11 Å². The van der Waals surface area contributed by atoms with Crippen LogP contribution in [0, 0.1) is 6.92 Å². The third kappa shape index (κ3) is 2.80. The Morgan fingerprint density at radius 2 is 1.89 bits per heavy atom. The molecule has 1 aliphatic heterocycles. The first kappa shape index (κ1) is 13.3. The lowest BCUT2D eigenvalue weighted by Gasteiger charge is -2.21. The second-order valence-electron chi connectivity index (χ2n) is 4.50. The lowest BCUT2D eigenvalue weighted by atomic mass is 10.2. The molecule has 2 rings (SSSR count). The predicted octanol–water partition coefficient (Wildman–Crippen LogP) is 1.31. The van der Waals surface area contributed by atoms with Gasteiger partial charge in [-0.3, -0.25) is 0 Å². The first-order valence-electron chi connectivity index (χ1n) is 5.90. The van der Waals surface area contributed by atoms with Crippen LogP contribution in [0.25, 0.3) is 0 Å². The van der Waals surface area contributed by atoms with Gasteiger partial charge in [0.2, 0.25) is 10.0 Å². The van der Waals surface area contributed by atoms with Crippen LogP contribution >= 0.6 is 0 Å². The van der Waals surface area contributed by atoms with E-state index < -0.39 is 16.1 Å². The van der Waals surface area contributed by atoms with Crippen molar-refractivity contribution in [2.24, 2.45) is 0 Å². The zero-order valence-electron chi connectivity index (χ0n) is 10.3. The highest BCUT2D eigenvalue weighted by molar-refractivity contribution is 7.89. The van der Waals surface area contributed by atoms with Gasteiger partial charge >= 0.3 is 0 Å². The number of rotatable bonds is 2. The molecule has 5 heteroatoms. The lowest BCUT2D eigenvalue weighted by molar-refractivity contribution is 0.155. The Morgan fingerprint density at radius 1 is 1.22 bits per heavy atom. The van der Waals surface area contributed by atoms with Crippen molar-refractivity contribution in [1.29, 1.82) is 0 Å². The summed E-state index contributed by atoms with van der Waals surface area (Å²) in [7, 11) is -3.51. The zero-order valence-corrected chi connectivity index (χ0v) is 11.1. The summed E-state index contributed by atoms with van der Waals surface area (Å²) in [6, 6.07) is 6.76. The summed E-state index contributed by atoms with van der Waals surface area (Å²) in [6.45, 7) is 2.37. The predicted molar refractivity (Wildman–Crippen MR) is 69.7 cm³/mol. The van der Waals surface area contributed by atoms with Gasteiger partial charge in [0.1, 0.15) is 0 Å². The molecule has 1 aromatic carbocycles. The van der Waals surface area contributed by atoms with Crippen LogP contribution in [0.1, 0.15) is 12.0 Å². The molecule has 0 radical (unpaired) electrons. The highest BCUT2D eigenvalue weighted by Gasteiger charge is 2.26. The van der Waals surface area contributed by atoms with Crippen LogP contribution in [0.4, 0.5) is 0 Å². The van der Waals surface area contributed by atoms with E-state index >= 15 is 0 Å². The summed E-state index contributed by atoms with van der Waals surface area (Å²) in [5.74, 6) is 0. The minimum atomic E-state index is -3.51. The molecule has 1 atom stereocenters. The number of aliphatic hydroxyl groups is 1. The summed E-state index contributed by atoms with van der Waals surface area (Å²) in [5.41, 5.74) is 1.02. The van der Waals surface area contributed by atoms with Gasteiger partial charge in [0.25, 0.3) is 0 Å². The van der Waals surface area contributed by atoms with Crippen LogP contribution in [-0.2, 0) is 10.0 Å². The highest BCUT2D eigenvalue weighted by atomic mass is 32.2. The Balaban J connectivity index is 2.30. The molecular formula is C13H17NO3S. The molecule has 0 fully saturated rings. The Bertz CT molecular complexity index is 534. The third-order valence-corrected chi connectivity index (χ3v) is 4.80. The van der Waals surface area contributed by atoms with Gasteiger partial charge in [-0.1, -0.05) is 29.8 Å². The van der Waals surface area contributed by atoms with Crippen molar-refractivity contribution >= 4 is 10.0 Å². The van der Waals surface area contributed by atoms with Crippen LogP contribution in [0.5, 0.6) is 0 Å². The van der Waals surface area contributed by atoms with E-state index in [0.29, 0.717) is 13.0 Å². The summed E-state index contributed by atoms with van der Waals surface area (Å²) in [6.07, 6.45) is 3.46. The Kier molecular flexibility index (Phi) is 3.85. The minimum Gasteiger partial charge on any atom is -0.391 e. The molecular weight excluding hydrogens is 250 g/mol. The second kappa shape index (κ2) is 5.22. The number of benzene rings is 1. The number of sulfonamides is 1. The van der Waals surface area contributed by atoms with E-state index in [9.17, 15) is 13.5 Å². The van der Waals surface area contributed by atoms with Crippen molar-refractivity contribution in [1.82, 2.24) is 4.31 Å². The Hall–Kier alpha value is -1.17. The van der Waals surface area contributed by atoms with Crippen molar-refractivity contribution in [2.75, 3.05) is 13.1 Å². The van der Waals surface area contributed by atoms with Crippen LogP contribution in [-0.4, -0.2) is 37.0 Å². The maximum Gasteiger partial charge on any atom is 0.243 e. The quantitative estimate of drug-likeness (QED) is 0.822. The van der Waals surface area contributed by atoms with Crippen molar-refractivity contribution in [2.45, 2.75) is 24.3 Å². The molecule has 0 aromatic heterocycles. The number of aryl methyl sites for hydroxylation is 1. The van der Waals surface area contributed by atoms with Crippen molar-refractivity contribution in [3.05, 3.63) is 42.0 Å². The maximum absolute atomic E-state index is 12.4. The van der Waals surface area contributed by atoms with Gasteiger partial charge in [-0.25, -0.2) is 8.42 Å². The molecule has 4 nitrogen and oxygen atoms in total. The topological polar surface area (TPSA) is 57.6 Å². The average molecular weight is 267 g/mol.